The van der Waals surface area contributed by atoms with Crippen molar-refractivity contribution in [2.75, 3.05) is 6.54 Å². The second kappa shape index (κ2) is 5.05. The summed E-state index contributed by atoms with van der Waals surface area (Å²) >= 11 is 8.74. The molecule has 0 aliphatic heterocycles. The third-order valence-electron chi connectivity index (χ3n) is 2.10. The van der Waals surface area contributed by atoms with Crippen molar-refractivity contribution in [2.45, 2.75) is 6.92 Å². The van der Waals surface area contributed by atoms with Gasteiger partial charge in [0.2, 0.25) is 0 Å². The molecule has 2 nitrogen and oxygen atoms in total. The molecule has 15 heavy (non-hydrogen) atoms. The van der Waals surface area contributed by atoms with Gasteiger partial charge in [-0.2, -0.15) is 0 Å². The zero-order chi connectivity index (χ0) is 11.6. The first-order valence-corrected chi connectivity index (χ1v) is 5.54. The van der Waals surface area contributed by atoms with Gasteiger partial charge in [0.05, 0.1) is 10.6 Å². The standard InChI is InChI=1S/C10H10BrClFNO/c1-5(4-14)10(15)6-2-3-7(11)8(12)9(6)13/h2-3,5H,4,14H2,1H3. The molecule has 0 amide bonds. The number of hydrogen-bond donors (Lipinski definition) is 1. The van der Waals surface area contributed by atoms with Crippen LogP contribution >= 0.6 is 27.5 Å². The zero-order valence-electron chi connectivity index (χ0n) is 8.06. The molecule has 0 aliphatic rings. The van der Waals surface area contributed by atoms with Crippen molar-refractivity contribution in [1.29, 1.82) is 0 Å². The van der Waals surface area contributed by atoms with Crippen LogP contribution in [0.15, 0.2) is 16.6 Å². The first-order valence-electron chi connectivity index (χ1n) is 4.36. The number of rotatable bonds is 3. The maximum absolute atomic E-state index is 13.6. The monoisotopic (exact) mass is 293 g/mol. The van der Waals surface area contributed by atoms with Crippen molar-refractivity contribution in [3.63, 3.8) is 0 Å². The van der Waals surface area contributed by atoms with Crippen LogP contribution in [0.1, 0.15) is 17.3 Å². The van der Waals surface area contributed by atoms with Gasteiger partial charge >= 0.3 is 0 Å². The number of Topliss-reactive ketones (excluding diaryl/α,β-unsaturated/α-hetero) is 1. The maximum Gasteiger partial charge on any atom is 0.169 e. The molecule has 82 valence electrons. The number of hydrogen-bond acceptors (Lipinski definition) is 2. The predicted molar refractivity (Wildman–Crippen MR) is 61.7 cm³/mol. The Morgan fingerprint density at radius 1 is 1.67 bits per heavy atom. The lowest BCUT2D eigenvalue weighted by molar-refractivity contribution is 0.0930. The summed E-state index contributed by atoms with van der Waals surface area (Å²) in [5.74, 6) is -1.43. The molecule has 1 unspecified atom stereocenters. The minimum absolute atomic E-state index is 0.0128. The van der Waals surface area contributed by atoms with E-state index in [2.05, 4.69) is 15.9 Å². The van der Waals surface area contributed by atoms with E-state index in [9.17, 15) is 9.18 Å². The molecule has 1 atom stereocenters. The normalized spacial score (nSPS) is 12.6. The summed E-state index contributed by atoms with van der Waals surface area (Å²) in [5.41, 5.74) is 5.33. The van der Waals surface area contributed by atoms with Gasteiger partial charge in [-0.25, -0.2) is 4.39 Å². The van der Waals surface area contributed by atoms with E-state index in [1.165, 1.54) is 6.07 Å². The quantitative estimate of drug-likeness (QED) is 0.688. The molecule has 0 saturated heterocycles. The van der Waals surface area contributed by atoms with Crippen molar-refractivity contribution >= 4 is 33.3 Å². The number of nitrogens with two attached hydrogens (primary N) is 1. The fraction of sp³-hybridized carbons (Fsp3) is 0.300. The molecular weight excluding hydrogens is 284 g/mol. The summed E-state index contributed by atoms with van der Waals surface area (Å²) in [4.78, 5) is 11.7. The number of halogens is 3. The first kappa shape index (κ1) is 12.6. The fourth-order valence-electron chi connectivity index (χ4n) is 1.09. The van der Waals surface area contributed by atoms with Crippen molar-refractivity contribution in [3.8, 4) is 0 Å². The van der Waals surface area contributed by atoms with Gasteiger partial charge in [0.15, 0.2) is 11.6 Å². The lowest BCUT2D eigenvalue weighted by Crippen LogP contribution is -2.21. The van der Waals surface area contributed by atoms with Crippen molar-refractivity contribution in [2.24, 2.45) is 11.7 Å². The lowest BCUT2D eigenvalue weighted by atomic mass is 9.99. The van der Waals surface area contributed by atoms with E-state index in [4.69, 9.17) is 17.3 Å². The molecule has 0 saturated carbocycles. The van der Waals surface area contributed by atoms with E-state index >= 15 is 0 Å². The SMILES string of the molecule is CC(CN)C(=O)c1ccc(Br)c(Cl)c1F. The van der Waals surface area contributed by atoms with Crippen LogP contribution in [0.2, 0.25) is 5.02 Å². The van der Waals surface area contributed by atoms with Crippen LogP contribution in [0.25, 0.3) is 0 Å². The zero-order valence-corrected chi connectivity index (χ0v) is 10.4. The number of carbonyl (C=O) groups excluding carboxylic acids is 1. The third-order valence-corrected chi connectivity index (χ3v) is 3.36. The van der Waals surface area contributed by atoms with Crippen LogP contribution in [-0.2, 0) is 0 Å². The number of benzene rings is 1. The summed E-state index contributed by atoms with van der Waals surface area (Å²) < 4.78 is 14.0. The second-order valence-corrected chi connectivity index (χ2v) is 4.46. The predicted octanol–water partition coefficient (Wildman–Crippen LogP) is 3.02. The molecule has 5 heteroatoms. The van der Waals surface area contributed by atoms with E-state index in [0.29, 0.717) is 4.47 Å². The van der Waals surface area contributed by atoms with Crippen LogP contribution in [0.3, 0.4) is 0 Å². The van der Waals surface area contributed by atoms with Gasteiger partial charge in [-0.1, -0.05) is 18.5 Å². The average Bonchev–Trinajstić information content (AvgIpc) is 2.24. The van der Waals surface area contributed by atoms with Crippen LogP contribution < -0.4 is 5.73 Å². The van der Waals surface area contributed by atoms with Crippen molar-refractivity contribution < 1.29 is 9.18 Å². The van der Waals surface area contributed by atoms with Gasteiger partial charge in [-0.05, 0) is 28.1 Å². The molecule has 1 rings (SSSR count). The van der Waals surface area contributed by atoms with Crippen LogP contribution in [0.5, 0.6) is 0 Å². The van der Waals surface area contributed by atoms with E-state index in [1.807, 2.05) is 0 Å². The van der Waals surface area contributed by atoms with Gasteiger partial charge < -0.3 is 5.73 Å². The van der Waals surface area contributed by atoms with Crippen molar-refractivity contribution in [3.05, 3.63) is 33.0 Å². The highest BCUT2D eigenvalue weighted by Crippen LogP contribution is 2.28. The van der Waals surface area contributed by atoms with E-state index in [-0.39, 0.29) is 22.9 Å². The molecule has 0 aromatic heterocycles. The van der Waals surface area contributed by atoms with Gasteiger partial charge in [0.1, 0.15) is 0 Å². The van der Waals surface area contributed by atoms with Crippen LogP contribution in [0, 0.1) is 11.7 Å². The highest BCUT2D eigenvalue weighted by atomic mass is 79.9. The Hall–Kier alpha value is -0.450. The molecule has 0 radical (unpaired) electrons. The number of ketones is 1. The Kier molecular flexibility index (Phi) is 4.25. The Labute approximate surface area is 101 Å². The topological polar surface area (TPSA) is 43.1 Å². The largest absolute Gasteiger partial charge is 0.330 e. The molecule has 0 spiro atoms. The van der Waals surface area contributed by atoms with Crippen molar-refractivity contribution in [1.82, 2.24) is 0 Å². The lowest BCUT2D eigenvalue weighted by Gasteiger charge is -2.09. The average molecular weight is 295 g/mol. The molecular formula is C10H10BrClFNO. The summed E-state index contributed by atoms with van der Waals surface area (Å²) in [6.45, 7) is 1.84. The van der Waals surface area contributed by atoms with E-state index in [1.54, 1.807) is 13.0 Å². The molecule has 0 heterocycles. The van der Waals surface area contributed by atoms with E-state index in [0.717, 1.165) is 0 Å². The fourth-order valence-corrected chi connectivity index (χ4v) is 1.56. The Morgan fingerprint density at radius 3 is 2.80 bits per heavy atom. The highest BCUT2D eigenvalue weighted by Gasteiger charge is 2.20. The van der Waals surface area contributed by atoms with Gasteiger partial charge in [-0.15, -0.1) is 0 Å². The number of carbonyl (C=O) groups is 1. The Bertz CT molecular complexity index is 397. The maximum atomic E-state index is 13.6. The summed E-state index contributed by atoms with van der Waals surface area (Å²) in [6, 6.07) is 2.95. The Morgan fingerprint density at radius 2 is 2.27 bits per heavy atom. The molecule has 1 aromatic rings. The smallest absolute Gasteiger partial charge is 0.169 e. The summed E-state index contributed by atoms with van der Waals surface area (Å²) in [5, 5.41) is -0.0786. The molecule has 0 aliphatic carbocycles. The van der Waals surface area contributed by atoms with Crippen LogP contribution in [-0.4, -0.2) is 12.3 Å². The van der Waals surface area contributed by atoms with Gasteiger partial charge in [0, 0.05) is 16.9 Å². The second-order valence-electron chi connectivity index (χ2n) is 3.22. The van der Waals surface area contributed by atoms with Gasteiger partial charge in [0.25, 0.3) is 0 Å². The summed E-state index contributed by atoms with van der Waals surface area (Å²) in [7, 11) is 0. The molecule has 0 bridgehead atoms. The van der Waals surface area contributed by atoms with Gasteiger partial charge in [-0.3, -0.25) is 4.79 Å². The highest BCUT2D eigenvalue weighted by molar-refractivity contribution is 9.10. The molecule has 1 aromatic carbocycles. The molecule has 2 N–H and O–H groups in total. The third kappa shape index (κ3) is 2.56. The minimum Gasteiger partial charge on any atom is -0.330 e. The molecule has 0 fully saturated rings. The summed E-state index contributed by atoms with van der Waals surface area (Å²) in [6.07, 6.45) is 0. The first-order chi connectivity index (χ1) is 6.99. The Balaban J connectivity index is 3.16. The minimum atomic E-state index is -0.698. The van der Waals surface area contributed by atoms with E-state index < -0.39 is 11.7 Å². The van der Waals surface area contributed by atoms with Crippen LogP contribution in [0.4, 0.5) is 4.39 Å².